The van der Waals surface area contributed by atoms with Crippen LogP contribution in [0.15, 0.2) is 36.7 Å². The van der Waals surface area contributed by atoms with Gasteiger partial charge in [0.1, 0.15) is 11.6 Å². The van der Waals surface area contributed by atoms with Gasteiger partial charge in [0, 0.05) is 30.8 Å². The van der Waals surface area contributed by atoms with Crippen LogP contribution < -0.4 is 0 Å². The minimum Gasteiger partial charge on any atom is -0.323 e. The maximum absolute atomic E-state index is 13.8. The Kier molecular flexibility index (Phi) is 4.08. The lowest BCUT2D eigenvalue weighted by atomic mass is 10.2. The van der Waals surface area contributed by atoms with Crippen molar-refractivity contribution in [1.29, 1.82) is 0 Å². The quantitative estimate of drug-likeness (QED) is 0.678. The molecule has 0 spiro atoms. The molecule has 2 heterocycles. The Hall–Kier alpha value is -1.65. The van der Waals surface area contributed by atoms with Gasteiger partial charge in [-0.05, 0) is 17.7 Å². The highest BCUT2D eigenvalue weighted by Gasteiger charge is 2.13. The third kappa shape index (κ3) is 2.87. The Labute approximate surface area is 131 Å². The third-order valence-electron chi connectivity index (χ3n) is 3.25. The maximum atomic E-state index is 13.8. The molecule has 108 valence electrons. The van der Waals surface area contributed by atoms with E-state index in [2.05, 4.69) is 9.97 Å². The number of hydrogen-bond acceptors (Lipinski definition) is 2. The average molecular weight is 324 g/mol. The molecular weight excluding hydrogens is 312 g/mol. The van der Waals surface area contributed by atoms with E-state index in [0.717, 1.165) is 11.4 Å². The molecule has 3 rings (SSSR count). The second-order valence-corrected chi connectivity index (χ2v) is 5.45. The summed E-state index contributed by atoms with van der Waals surface area (Å²) >= 11 is 11.7. The van der Waals surface area contributed by atoms with Crippen LogP contribution in [-0.2, 0) is 13.0 Å². The lowest BCUT2D eigenvalue weighted by Gasteiger charge is -2.08. The van der Waals surface area contributed by atoms with Gasteiger partial charge >= 0.3 is 0 Å². The molecule has 3 aromatic rings. The summed E-state index contributed by atoms with van der Waals surface area (Å²) in [5, 5.41) is 0.0750. The van der Waals surface area contributed by atoms with Gasteiger partial charge in [-0.2, -0.15) is 0 Å². The summed E-state index contributed by atoms with van der Waals surface area (Å²) in [7, 11) is 0. The molecule has 0 saturated heterocycles. The minimum atomic E-state index is -0.450. The van der Waals surface area contributed by atoms with Gasteiger partial charge in [0.2, 0.25) is 0 Å². The second kappa shape index (κ2) is 6.00. The molecule has 0 radical (unpaired) electrons. The van der Waals surface area contributed by atoms with E-state index in [1.807, 2.05) is 16.7 Å². The highest BCUT2D eigenvalue weighted by molar-refractivity contribution is 6.31. The number of hydrogen-bond donors (Lipinski definition) is 0. The highest BCUT2D eigenvalue weighted by atomic mass is 35.5. The number of alkyl halides is 1. The zero-order chi connectivity index (χ0) is 14.8. The van der Waals surface area contributed by atoms with Gasteiger partial charge in [-0.1, -0.05) is 17.7 Å². The molecule has 0 aliphatic carbocycles. The largest absolute Gasteiger partial charge is 0.323 e. The van der Waals surface area contributed by atoms with E-state index in [-0.39, 0.29) is 5.02 Å². The number of aryl methyl sites for hydroxylation is 1. The van der Waals surface area contributed by atoms with Crippen LogP contribution in [0.25, 0.3) is 11.0 Å². The van der Waals surface area contributed by atoms with Crippen molar-refractivity contribution in [3.63, 3.8) is 0 Å². The van der Waals surface area contributed by atoms with Crippen molar-refractivity contribution in [2.75, 3.05) is 5.88 Å². The van der Waals surface area contributed by atoms with Crippen molar-refractivity contribution < 1.29 is 4.39 Å². The first-order valence-corrected chi connectivity index (χ1v) is 7.39. The number of halogens is 3. The van der Waals surface area contributed by atoms with E-state index >= 15 is 0 Å². The van der Waals surface area contributed by atoms with Crippen LogP contribution in [0, 0.1) is 5.82 Å². The zero-order valence-corrected chi connectivity index (χ0v) is 12.6. The van der Waals surface area contributed by atoms with E-state index in [1.54, 1.807) is 18.5 Å². The monoisotopic (exact) mass is 323 g/mol. The molecule has 0 fully saturated rings. The van der Waals surface area contributed by atoms with Gasteiger partial charge in [0.25, 0.3) is 0 Å². The fourth-order valence-electron chi connectivity index (χ4n) is 2.30. The van der Waals surface area contributed by atoms with Crippen molar-refractivity contribution in [1.82, 2.24) is 14.5 Å². The average Bonchev–Trinajstić information content (AvgIpc) is 2.79. The molecule has 6 heteroatoms. The Morgan fingerprint density at radius 2 is 2.14 bits per heavy atom. The molecule has 0 aliphatic heterocycles. The molecule has 21 heavy (non-hydrogen) atoms. The van der Waals surface area contributed by atoms with Crippen LogP contribution in [0.5, 0.6) is 0 Å². The van der Waals surface area contributed by atoms with Gasteiger partial charge in [0.05, 0.1) is 22.6 Å². The van der Waals surface area contributed by atoms with E-state index in [9.17, 15) is 4.39 Å². The van der Waals surface area contributed by atoms with Crippen molar-refractivity contribution in [3.05, 3.63) is 58.9 Å². The smallest absolute Gasteiger partial charge is 0.144 e. The van der Waals surface area contributed by atoms with Crippen molar-refractivity contribution in [3.8, 4) is 0 Å². The number of benzene rings is 1. The summed E-state index contributed by atoms with van der Waals surface area (Å²) in [5.41, 5.74) is 2.40. The number of fused-ring (bicyclic) bond motifs is 1. The summed E-state index contributed by atoms with van der Waals surface area (Å²) in [6.45, 7) is 0.567. The lowest BCUT2D eigenvalue weighted by molar-refractivity contribution is 0.628. The van der Waals surface area contributed by atoms with Gasteiger partial charge < -0.3 is 4.57 Å². The summed E-state index contributed by atoms with van der Waals surface area (Å²) < 4.78 is 15.7. The number of pyridine rings is 1. The number of imidazole rings is 1. The second-order valence-electron chi connectivity index (χ2n) is 4.67. The fourth-order valence-corrected chi connectivity index (χ4v) is 2.62. The van der Waals surface area contributed by atoms with Gasteiger partial charge in [-0.25, -0.2) is 9.37 Å². The summed E-state index contributed by atoms with van der Waals surface area (Å²) in [4.78, 5) is 8.61. The van der Waals surface area contributed by atoms with Crippen molar-refractivity contribution in [2.24, 2.45) is 0 Å². The predicted octanol–water partition coefficient (Wildman–Crippen LogP) is 4.05. The Balaban J connectivity index is 2.13. The fraction of sp³-hybridized carbons (Fsp3) is 0.200. The minimum absolute atomic E-state index is 0.0750. The molecule has 0 saturated carbocycles. The van der Waals surface area contributed by atoms with E-state index in [0.29, 0.717) is 29.9 Å². The first kappa shape index (κ1) is 14.3. The van der Waals surface area contributed by atoms with E-state index in [4.69, 9.17) is 23.2 Å². The van der Waals surface area contributed by atoms with Crippen molar-refractivity contribution >= 4 is 34.2 Å². The van der Waals surface area contributed by atoms with Crippen LogP contribution in [0.2, 0.25) is 5.02 Å². The number of nitrogens with zero attached hydrogens (tertiary/aromatic N) is 3. The molecule has 0 atom stereocenters. The van der Waals surface area contributed by atoms with Gasteiger partial charge in [-0.3, -0.25) is 4.98 Å². The van der Waals surface area contributed by atoms with Crippen LogP contribution in [0.3, 0.4) is 0 Å². The Bertz CT molecular complexity index is 771. The van der Waals surface area contributed by atoms with Crippen LogP contribution >= 0.6 is 23.2 Å². The molecule has 3 nitrogen and oxygen atoms in total. The van der Waals surface area contributed by atoms with Gasteiger partial charge in [-0.15, -0.1) is 11.6 Å². The molecule has 0 aliphatic rings. The highest BCUT2D eigenvalue weighted by Crippen LogP contribution is 2.25. The number of aromatic nitrogens is 3. The molecule has 0 unspecified atom stereocenters. The van der Waals surface area contributed by atoms with Crippen LogP contribution in [-0.4, -0.2) is 20.4 Å². The molecule has 0 bridgehead atoms. The number of rotatable bonds is 4. The molecule has 1 aromatic carbocycles. The zero-order valence-electron chi connectivity index (χ0n) is 11.1. The van der Waals surface area contributed by atoms with E-state index < -0.39 is 5.82 Å². The third-order valence-corrected chi connectivity index (χ3v) is 3.73. The topological polar surface area (TPSA) is 30.7 Å². The molecule has 2 aromatic heterocycles. The summed E-state index contributed by atoms with van der Waals surface area (Å²) in [5.74, 6) is 0.812. The maximum Gasteiger partial charge on any atom is 0.144 e. The normalized spacial score (nSPS) is 11.2. The summed E-state index contributed by atoms with van der Waals surface area (Å²) in [6.07, 6.45) is 4.10. The first-order chi connectivity index (χ1) is 10.2. The molecular formula is C15H12Cl2FN3. The Morgan fingerprint density at radius 3 is 2.86 bits per heavy atom. The SMILES string of the molecule is Fc1cc2c(cc1Cl)nc(CCCl)n2Cc1cccnc1. The van der Waals surface area contributed by atoms with E-state index in [1.165, 1.54) is 6.07 Å². The lowest BCUT2D eigenvalue weighted by Crippen LogP contribution is -2.06. The predicted molar refractivity (Wildman–Crippen MR) is 82.5 cm³/mol. The van der Waals surface area contributed by atoms with Gasteiger partial charge in [0.15, 0.2) is 0 Å². The molecule has 0 amide bonds. The standard InChI is InChI=1S/C15H12Cl2FN3/c16-4-3-15-20-13-6-11(17)12(18)7-14(13)21(15)9-10-2-1-5-19-8-10/h1-2,5-8H,3-4,9H2. The van der Waals surface area contributed by atoms with Crippen molar-refractivity contribution in [2.45, 2.75) is 13.0 Å². The summed E-state index contributed by atoms with van der Waals surface area (Å²) in [6, 6.07) is 6.80. The van der Waals surface area contributed by atoms with Crippen LogP contribution in [0.1, 0.15) is 11.4 Å². The Morgan fingerprint density at radius 1 is 1.29 bits per heavy atom. The van der Waals surface area contributed by atoms with Crippen LogP contribution in [0.4, 0.5) is 4.39 Å². The molecule has 0 N–H and O–H groups in total. The first-order valence-electron chi connectivity index (χ1n) is 6.48.